The number of thioether (sulfide) groups is 2. The molecule has 3 atom stereocenters. The zero-order valence-corrected chi connectivity index (χ0v) is 20.3. The Morgan fingerprint density at radius 2 is 1.36 bits per heavy atom. The molecule has 0 spiro atoms. The first kappa shape index (κ1) is 27.1. The summed E-state index contributed by atoms with van der Waals surface area (Å²) < 4.78 is 0.275. The van der Waals surface area contributed by atoms with E-state index in [9.17, 15) is 14.4 Å². The molecular weight excluding hydrogens is 394 g/mol. The molecule has 164 valence electrons. The third kappa shape index (κ3) is 10.6. The van der Waals surface area contributed by atoms with Crippen molar-refractivity contribution in [3.63, 3.8) is 0 Å². The Morgan fingerprint density at radius 3 is 1.75 bits per heavy atom. The minimum absolute atomic E-state index is 0.00907. The predicted octanol–water partition coefficient (Wildman–Crippen LogP) is 3.02. The smallest absolute Gasteiger partial charge is 0.243 e. The Morgan fingerprint density at radius 1 is 0.821 bits per heavy atom. The van der Waals surface area contributed by atoms with Crippen molar-refractivity contribution in [1.29, 1.82) is 0 Å². The highest BCUT2D eigenvalue weighted by Crippen LogP contribution is 2.26. The van der Waals surface area contributed by atoms with Crippen molar-refractivity contribution in [2.24, 2.45) is 11.8 Å². The summed E-state index contributed by atoms with van der Waals surface area (Å²) in [6.07, 6.45) is 0.543. The lowest BCUT2D eigenvalue weighted by molar-refractivity contribution is -0.133. The molecule has 0 aromatic carbocycles. The van der Waals surface area contributed by atoms with E-state index in [-0.39, 0.29) is 40.2 Å². The minimum atomic E-state index is -0.656. The summed E-state index contributed by atoms with van der Waals surface area (Å²) >= 11 is 3.64. The van der Waals surface area contributed by atoms with Gasteiger partial charge in [-0.2, -0.15) is 0 Å². The van der Waals surface area contributed by atoms with E-state index in [1.54, 1.807) is 0 Å². The van der Waals surface area contributed by atoms with Gasteiger partial charge in [0.05, 0.1) is 4.58 Å². The van der Waals surface area contributed by atoms with Crippen molar-refractivity contribution < 1.29 is 14.4 Å². The molecule has 0 aromatic heterocycles. The molecule has 0 aliphatic carbocycles. The van der Waals surface area contributed by atoms with Gasteiger partial charge in [0.25, 0.3) is 0 Å². The van der Waals surface area contributed by atoms with E-state index in [1.165, 1.54) is 6.92 Å². The minimum Gasteiger partial charge on any atom is -0.350 e. The fraction of sp³-hybridized carbons (Fsp3) is 0.850. The highest BCUT2D eigenvalue weighted by Gasteiger charge is 2.30. The molecule has 0 saturated carbocycles. The van der Waals surface area contributed by atoms with Gasteiger partial charge in [-0.25, -0.2) is 0 Å². The van der Waals surface area contributed by atoms with E-state index >= 15 is 0 Å². The second-order valence-electron chi connectivity index (χ2n) is 7.69. The Balaban J connectivity index is 5.20. The van der Waals surface area contributed by atoms with Gasteiger partial charge < -0.3 is 16.0 Å². The zero-order valence-electron chi connectivity index (χ0n) is 18.6. The first-order chi connectivity index (χ1) is 13.0. The maximum absolute atomic E-state index is 12.9. The molecule has 8 heteroatoms. The number of amides is 3. The van der Waals surface area contributed by atoms with E-state index in [0.717, 1.165) is 11.5 Å². The van der Waals surface area contributed by atoms with Crippen LogP contribution in [0.5, 0.6) is 0 Å². The van der Waals surface area contributed by atoms with Crippen LogP contribution in [0.3, 0.4) is 0 Å². The largest absolute Gasteiger partial charge is 0.350 e. The van der Waals surface area contributed by atoms with Crippen LogP contribution in [0, 0.1) is 11.8 Å². The third-order valence-corrected chi connectivity index (χ3v) is 7.04. The molecule has 0 aromatic rings. The molecule has 0 aliphatic heterocycles. The first-order valence-electron chi connectivity index (χ1n) is 10.1. The monoisotopic (exact) mass is 433 g/mol. The predicted molar refractivity (Wildman–Crippen MR) is 121 cm³/mol. The zero-order chi connectivity index (χ0) is 21.9. The summed E-state index contributed by atoms with van der Waals surface area (Å²) in [4.78, 5) is 37.1. The SMILES string of the molecule is CCSC(SCC)[C@H](C)NC(=O)[C@H](CC(C)C)NC(=O)[C@@H](NC(C)=O)C(C)C. The number of nitrogens with one attached hydrogen (secondary N) is 3. The summed E-state index contributed by atoms with van der Waals surface area (Å²) in [7, 11) is 0. The lowest BCUT2D eigenvalue weighted by atomic mass is 9.99. The number of carbonyl (C=O) groups excluding carboxylic acids is 3. The fourth-order valence-corrected chi connectivity index (χ4v) is 5.35. The van der Waals surface area contributed by atoms with Gasteiger partial charge in [-0.1, -0.05) is 41.5 Å². The van der Waals surface area contributed by atoms with Gasteiger partial charge in [0.15, 0.2) is 0 Å². The van der Waals surface area contributed by atoms with Crippen LogP contribution in [0.2, 0.25) is 0 Å². The summed E-state index contributed by atoms with van der Waals surface area (Å²) in [5.74, 6) is 1.39. The van der Waals surface area contributed by atoms with Crippen LogP contribution in [0.1, 0.15) is 61.8 Å². The van der Waals surface area contributed by atoms with Gasteiger partial charge in [-0.15, -0.1) is 23.5 Å². The van der Waals surface area contributed by atoms with Crippen molar-refractivity contribution in [1.82, 2.24) is 16.0 Å². The van der Waals surface area contributed by atoms with Crippen LogP contribution in [-0.2, 0) is 14.4 Å². The van der Waals surface area contributed by atoms with Gasteiger partial charge >= 0.3 is 0 Å². The second kappa shape index (κ2) is 14.1. The average molecular weight is 434 g/mol. The van der Waals surface area contributed by atoms with Crippen LogP contribution >= 0.6 is 23.5 Å². The number of hydrogen-bond acceptors (Lipinski definition) is 5. The molecular formula is C20H39N3O3S2. The molecule has 0 radical (unpaired) electrons. The van der Waals surface area contributed by atoms with Crippen molar-refractivity contribution in [2.45, 2.75) is 84.5 Å². The quantitative estimate of drug-likeness (QED) is 0.389. The standard InChI is InChI=1S/C20H39N3O3S2/c1-9-27-20(28-10-2)14(7)21-18(25)16(11-12(3)4)23-19(26)17(13(5)6)22-15(8)24/h12-14,16-17,20H,9-11H2,1-8H3,(H,21,25)(H,22,24)(H,23,26)/t14-,16-,17-/m0/s1. The highest BCUT2D eigenvalue weighted by molar-refractivity contribution is 8.17. The summed E-state index contributed by atoms with van der Waals surface area (Å²) in [6, 6.07) is -1.29. The van der Waals surface area contributed by atoms with Crippen molar-refractivity contribution in [3.8, 4) is 0 Å². The summed E-state index contributed by atoms with van der Waals surface area (Å²) in [6.45, 7) is 15.4. The summed E-state index contributed by atoms with van der Waals surface area (Å²) in [5.41, 5.74) is 0. The van der Waals surface area contributed by atoms with Gasteiger partial charge in [0.2, 0.25) is 17.7 Å². The average Bonchev–Trinajstić information content (AvgIpc) is 2.57. The topological polar surface area (TPSA) is 87.3 Å². The van der Waals surface area contributed by atoms with Gasteiger partial charge in [-0.3, -0.25) is 14.4 Å². The second-order valence-corrected chi connectivity index (χ2v) is 10.8. The van der Waals surface area contributed by atoms with Crippen molar-refractivity contribution in [3.05, 3.63) is 0 Å². The molecule has 3 amide bonds. The van der Waals surface area contributed by atoms with Gasteiger partial charge in [0.1, 0.15) is 12.1 Å². The number of rotatable bonds is 13. The molecule has 0 saturated heterocycles. The highest BCUT2D eigenvalue weighted by atomic mass is 32.2. The van der Waals surface area contributed by atoms with E-state index in [2.05, 4.69) is 29.8 Å². The Bertz CT molecular complexity index is 495. The van der Waals surface area contributed by atoms with E-state index in [0.29, 0.717) is 6.42 Å². The maximum atomic E-state index is 12.9. The van der Waals surface area contributed by atoms with Crippen LogP contribution in [0.15, 0.2) is 0 Å². The molecule has 0 rings (SSSR count). The molecule has 0 unspecified atom stereocenters. The molecule has 0 heterocycles. The Kier molecular flexibility index (Phi) is 13.7. The molecule has 28 heavy (non-hydrogen) atoms. The first-order valence-corrected chi connectivity index (χ1v) is 12.2. The van der Waals surface area contributed by atoms with Gasteiger partial charge in [0, 0.05) is 13.0 Å². The molecule has 3 N–H and O–H groups in total. The molecule has 0 bridgehead atoms. The van der Waals surface area contributed by atoms with Crippen molar-refractivity contribution in [2.75, 3.05) is 11.5 Å². The molecule has 0 fully saturated rings. The normalized spacial score (nSPS) is 14.7. The van der Waals surface area contributed by atoms with Crippen LogP contribution in [-0.4, -0.2) is 51.9 Å². The van der Waals surface area contributed by atoms with E-state index in [4.69, 9.17) is 0 Å². The van der Waals surface area contributed by atoms with Gasteiger partial charge in [-0.05, 0) is 36.7 Å². The molecule has 0 aliphatic rings. The maximum Gasteiger partial charge on any atom is 0.243 e. The fourth-order valence-electron chi connectivity index (χ4n) is 2.78. The Hall–Kier alpha value is -0.890. The van der Waals surface area contributed by atoms with Crippen molar-refractivity contribution >= 4 is 41.2 Å². The number of hydrogen-bond donors (Lipinski definition) is 3. The molecule has 6 nitrogen and oxygen atoms in total. The summed E-state index contributed by atoms with van der Waals surface area (Å²) in [5, 5.41) is 8.63. The number of carbonyl (C=O) groups is 3. The van der Waals surface area contributed by atoms with E-state index in [1.807, 2.05) is 58.1 Å². The van der Waals surface area contributed by atoms with Crippen LogP contribution < -0.4 is 16.0 Å². The lowest BCUT2D eigenvalue weighted by Gasteiger charge is -2.28. The van der Waals surface area contributed by atoms with Crippen LogP contribution in [0.25, 0.3) is 0 Å². The third-order valence-electron chi connectivity index (χ3n) is 4.09. The van der Waals surface area contributed by atoms with Crippen LogP contribution in [0.4, 0.5) is 0 Å². The lowest BCUT2D eigenvalue weighted by Crippen LogP contribution is -2.56. The van der Waals surface area contributed by atoms with E-state index < -0.39 is 12.1 Å². The Labute approximate surface area is 179 Å².